The van der Waals surface area contributed by atoms with E-state index in [0.29, 0.717) is 17.8 Å². The van der Waals surface area contributed by atoms with Gasteiger partial charge in [0, 0.05) is 34.2 Å². The number of nitrogens with one attached hydrogen (secondary N) is 1. The van der Waals surface area contributed by atoms with E-state index in [-0.39, 0.29) is 17.2 Å². The summed E-state index contributed by atoms with van der Waals surface area (Å²) >= 11 is 3.41. The van der Waals surface area contributed by atoms with Gasteiger partial charge in [-0.05, 0) is 38.1 Å². The van der Waals surface area contributed by atoms with Gasteiger partial charge in [-0.1, -0.05) is 15.9 Å². The highest BCUT2D eigenvalue weighted by molar-refractivity contribution is 9.10. The number of benzene rings is 1. The summed E-state index contributed by atoms with van der Waals surface area (Å²) in [6, 6.07) is 8.62. The molecule has 6 heteroatoms. The summed E-state index contributed by atoms with van der Waals surface area (Å²) in [6.07, 6.45) is 1.62. The molecule has 1 aromatic carbocycles. The first-order valence-corrected chi connectivity index (χ1v) is 7.99. The van der Waals surface area contributed by atoms with Gasteiger partial charge in [0.15, 0.2) is 5.76 Å². The van der Waals surface area contributed by atoms with Gasteiger partial charge in [-0.2, -0.15) is 0 Å². The van der Waals surface area contributed by atoms with Crippen molar-refractivity contribution in [3.63, 3.8) is 0 Å². The molecule has 0 bridgehead atoms. The molecule has 0 unspecified atom stereocenters. The Kier molecular flexibility index (Phi) is 4.09. The Morgan fingerprint density at radius 1 is 1.30 bits per heavy atom. The molecule has 0 radical (unpaired) electrons. The normalized spacial score (nSPS) is 10.9. The minimum absolute atomic E-state index is 0.102. The van der Waals surface area contributed by atoms with Crippen molar-refractivity contribution in [2.45, 2.75) is 20.4 Å². The maximum absolute atomic E-state index is 12.5. The number of carbonyl (C=O) groups excluding carboxylic acids is 1. The van der Waals surface area contributed by atoms with Gasteiger partial charge in [-0.25, -0.2) is 0 Å². The fourth-order valence-electron chi connectivity index (χ4n) is 2.45. The summed E-state index contributed by atoms with van der Waals surface area (Å²) in [6.45, 7) is 4.26. The van der Waals surface area contributed by atoms with Crippen LogP contribution in [0.25, 0.3) is 11.0 Å². The van der Waals surface area contributed by atoms with Gasteiger partial charge in [0.1, 0.15) is 5.58 Å². The van der Waals surface area contributed by atoms with E-state index in [1.54, 1.807) is 12.3 Å². The SMILES string of the molecule is CCn1cc(NC(=O)c2oc3ccc(Br)cc3c2C)ccc1=O. The molecule has 0 aliphatic carbocycles. The van der Waals surface area contributed by atoms with Crippen molar-refractivity contribution in [2.24, 2.45) is 0 Å². The van der Waals surface area contributed by atoms with Crippen LogP contribution in [0.2, 0.25) is 0 Å². The molecule has 0 aliphatic heterocycles. The van der Waals surface area contributed by atoms with Crippen LogP contribution in [0, 0.1) is 6.92 Å². The Balaban J connectivity index is 1.95. The Morgan fingerprint density at radius 3 is 2.83 bits per heavy atom. The highest BCUT2D eigenvalue weighted by Gasteiger charge is 2.18. The molecule has 3 aromatic rings. The molecule has 1 N–H and O–H groups in total. The molecule has 0 saturated carbocycles. The highest BCUT2D eigenvalue weighted by atomic mass is 79.9. The van der Waals surface area contributed by atoms with E-state index < -0.39 is 0 Å². The Morgan fingerprint density at radius 2 is 2.09 bits per heavy atom. The lowest BCUT2D eigenvalue weighted by molar-refractivity contribution is 0.0998. The lowest BCUT2D eigenvalue weighted by Crippen LogP contribution is -2.19. The molecule has 0 aliphatic rings. The predicted octanol–water partition coefficient (Wildman–Crippen LogP) is 3.94. The van der Waals surface area contributed by atoms with Crippen LogP contribution in [0.15, 0.2) is 50.2 Å². The fraction of sp³-hybridized carbons (Fsp3) is 0.176. The standard InChI is InChI=1S/C17H15BrN2O3/c1-3-20-9-12(5-7-15(20)21)19-17(22)16-10(2)13-8-11(18)4-6-14(13)23-16/h4-9H,3H2,1-2H3,(H,19,22). The number of amides is 1. The van der Waals surface area contributed by atoms with E-state index in [4.69, 9.17) is 4.42 Å². The highest BCUT2D eigenvalue weighted by Crippen LogP contribution is 2.28. The van der Waals surface area contributed by atoms with Crippen molar-refractivity contribution in [1.29, 1.82) is 0 Å². The quantitative estimate of drug-likeness (QED) is 0.754. The summed E-state index contributed by atoms with van der Waals surface area (Å²) in [5.74, 6) is -0.0662. The van der Waals surface area contributed by atoms with Crippen LogP contribution in [0.4, 0.5) is 5.69 Å². The van der Waals surface area contributed by atoms with Crippen molar-refractivity contribution < 1.29 is 9.21 Å². The Labute approximate surface area is 141 Å². The predicted molar refractivity (Wildman–Crippen MR) is 93.0 cm³/mol. The van der Waals surface area contributed by atoms with Gasteiger partial charge in [-0.3, -0.25) is 9.59 Å². The number of halogens is 1. The third kappa shape index (κ3) is 2.94. The zero-order valence-corrected chi connectivity index (χ0v) is 14.3. The zero-order valence-electron chi connectivity index (χ0n) is 12.7. The number of aryl methyl sites for hydroxylation is 2. The van der Waals surface area contributed by atoms with Crippen LogP contribution >= 0.6 is 15.9 Å². The van der Waals surface area contributed by atoms with Crippen LogP contribution in [0.3, 0.4) is 0 Å². The molecule has 118 valence electrons. The maximum Gasteiger partial charge on any atom is 0.291 e. The van der Waals surface area contributed by atoms with Crippen LogP contribution in [0.1, 0.15) is 23.0 Å². The topological polar surface area (TPSA) is 64.2 Å². The lowest BCUT2D eigenvalue weighted by Gasteiger charge is -2.07. The molecule has 5 nitrogen and oxygen atoms in total. The van der Waals surface area contributed by atoms with Gasteiger partial charge in [-0.15, -0.1) is 0 Å². The Bertz CT molecular complexity index is 956. The largest absolute Gasteiger partial charge is 0.451 e. The van der Waals surface area contributed by atoms with Gasteiger partial charge < -0.3 is 14.3 Å². The monoisotopic (exact) mass is 374 g/mol. The number of nitrogens with zero attached hydrogens (tertiary/aromatic N) is 1. The van der Waals surface area contributed by atoms with Crippen molar-refractivity contribution in [3.8, 4) is 0 Å². The Hall–Kier alpha value is -2.34. The van der Waals surface area contributed by atoms with Crippen molar-refractivity contribution in [2.75, 3.05) is 5.32 Å². The summed E-state index contributed by atoms with van der Waals surface area (Å²) in [4.78, 5) is 24.1. The second kappa shape index (κ2) is 6.04. The summed E-state index contributed by atoms with van der Waals surface area (Å²) in [5, 5.41) is 3.66. The number of hydrogen-bond donors (Lipinski definition) is 1. The molecule has 2 heterocycles. The number of aromatic nitrogens is 1. The number of carbonyl (C=O) groups is 1. The van der Waals surface area contributed by atoms with Gasteiger partial charge in [0.2, 0.25) is 0 Å². The molecule has 3 rings (SSSR count). The summed E-state index contributed by atoms with van der Waals surface area (Å²) in [5.41, 5.74) is 1.89. The molecule has 1 amide bonds. The molecular weight excluding hydrogens is 360 g/mol. The first-order valence-electron chi connectivity index (χ1n) is 7.20. The van der Waals surface area contributed by atoms with Gasteiger partial charge in [0.05, 0.1) is 5.69 Å². The number of rotatable bonds is 3. The van der Waals surface area contributed by atoms with E-state index in [1.165, 1.54) is 10.6 Å². The van der Waals surface area contributed by atoms with Crippen molar-refractivity contribution in [3.05, 3.63) is 62.7 Å². The smallest absolute Gasteiger partial charge is 0.291 e. The van der Waals surface area contributed by atoms with Crippen LogP contribution in [0.5, 0.6) is 0 Å². The van der Waals surface area contributed by atoms with E-state index in [1.807, 2.05) is 32.0 Å². The molecule has 0 saturated heterocycles. The van der Waals surface area contributed by atoms with Crippen molar-refractivity contribution >= 4 is 38.5 Å². The summed E-state index contributed by atoms with van der Waals surface area (Å²) in [7, 11) is 0. The first kappa shape index (κ1) is 15.6. The molecule has 23 heavy (non-hydrogen) atoms. The lowest BCUT2D eigenvalue weighted by atomic mass is 10.1. The second-order valence-electron chi connectivity index (χ2n) is 5.19. The minimum atomic E-state index is -0.337. The molecule has 2 aromatic heterocycles. The number of hydrogen-bond acceptors (Lipinski definition) is 3. The zero-order chi connectivity index (χ0) is 16.6. The van der Waals surface area contributed by atoms with E-state index in [0.717, 1.165) is 15.4 Å². The third-order valence-electron chi connectivity index (χ3n) is 3.69. The van der Waals surface area contributed by atoms with E-state index in [9.17, 15) is 9.59 Å². The van der Waals surface area contributed by atoms with Crippen LogP contribution in [-0.4, -0.2) is 10.5 Å². The molecule has 0 atom stereocenters. The van der Waals surface area contributed by atoms with Crippen molar-refractivity contribution in [1.82, 2.24) is 4.57 Å². The fourth-order valence-corrected chi connectivity index (χ4v) is 2.81. The van der Waals surface area contributed by atoms with Gasteiger partial charge in [0.25, 0.3) is 11.5 Å². The summed E-state index contributed by atoms with van der Waals surface area (Å²) < 4.78 is 8.12. The van der Waals surface area contributed by atoms with E-state index in [2.05, 4.69) is 21.2 Å². The van der Waals surface area contributed by atoms with Crippen LogP contribution < -0.4 is 10.9 Å². The number of fused-ring (bicyclic) bond motifs is 1. The average molecular weight is 375 g/mol. The second-order valence-corrected chi connectivity index (χ2v) is 6.11. The molecule has 0 fully saturated rings. The maximum atomic E-state index is 12.5. The van der Waals surface area contributed by atoms with E-state index >= 15 is 0 Å². The van der Waals surface area contributed by atoms with Gasteiger partial charge >= 0.3 is 0 Å². The number of furan rings is 1. The average Bonchev–Trinajstić information content (AvgIpc) is 2.86. The first-order chi connectivity index (χ1) is 11.0. The van der Waals surface area contributed by atoms with Crippen LogP contribution in [-0.2, 0) is 6.54 Å². The third-order valence-corrected chi connectivity index (χ3v) is 4.18. The molecule has 0 spiro atoms. The minimum Gasteiger partial charge on any atom is -0.451 e. The molecular formula is C17H15BrN2O3. The number of pyridine rings is 1. The number of anilines is 1.